The number of carbonyl (C=O) groups is 7. The molecule has 60 heavy (non-hydrogen) atoms. The number of ether oxygens (including phenoxy) is 1. The highest BCUT2D eigenvalue weighted by atomic mass is 16.6. The zero-order chi connectivity index (χ0) is 45.3. The summed E-state index contributed by atoms with van der Waals surface area (Å²) in [6.45, 7) is 20.1. The van der Waals surface area contributed by atoms with Gasteiger partial charge in [0, 0.05) is 49.7 Å². The van der Waals surface area contributed by atoms with Crippen molar-refractivity contribution in [3.8, 4) is 0 Å². The topological polar surface area (TPSA) is 183 Å². The number of carbonyl (C=O) groups excluding carboxylic acids is 7. The van der Waals surface area contributed by atoms with E-state index in [0.29, 0.717) is 0 Å². The van der Waals surface area contributed by atoms with Crippen LogP contribution in [0.1, 0.15) is 94.6 Å². The van der Waals surface area contributed by atoms with Crippen LogP contribution in [0.2, 0.25) is 0 Å². The predicted molar refractivity (Wildman–Crippen MR) is 232 cm³/mol. The van der Waals surface area contributed by atoms with Crippen molar-refractivity contribution >= 4 is 52.2 Å². The quantitative estimate of drug-likeness (QED) is 0.0967. The minimum Gasteiger partial charge on any atom is -0.458 e. The molecule has 0 aliphatic carbocycles. The number of likely N-dealkylation sites (N-methyl/N-ethyl adjacent to an activating group) is 2. The van der Waals surface area contributed by atoms with Crippen LogP contribution >= 0.6 is 0 Å². The molecule has 1 aliphatic heterocycles. The molecule has 6 amide bonds. The van der Waals surface area contributed by atoms with Gasteiger partial charge in [-0.2, -0.15) is 0 Å². The molecule has 0 spiro atoms. The lowest BCUT2D eigenvalue weighted by atomic mass is 9.76. The SMILES string of the molecule is CN[C@H](C(=O)N[C@H](C(=O)N(C)[C@H](/C=C(\C)C(=O)N[C@H](CCC(=O)NCCN1C(=O)C=CC1=O)C(=O)OC(C)(C)C)C(C)C)C(C)(C)C)C(C)(C)c1ccc2ccccc2c1. The number of hydrogen-bond acceptors (Lipinski definition) is 9. The number of amides is 6. The summed E-state index contributed by atoms with van der Waals surface area (Å²) in [6.07, 6.45) is 3.73. The van der Waals surface area contributed by atoms with Crippen molar-refractivity contribution in [2.75, 3.05) is 27.2 Å². The van der Waals surface area contributed by atoms with Gasteiger partial charge in [0.25, 0.3) is 11.8 Å². The molecule has 1 heterocycles. The van der Waals surface area contributed by atoms with Crippen molar-refractivity contribution in [2.45, 2.75) is 124 Å². The van der Waals surface area contributed by atoms with Crippen LogP contribution in [0.4, 0.5) is 0 Å². The molecule has 4 N–H and O–H groups in total. The number of imide groups is 1. The van der Waals surface area contributed by atoms with E-state index in [9.17, 15) is 33.6 Å². The Balaban J connectivity index is 1.77. The van der Waals surface area contributed by atoms with Crippen LogP contribution < -0.4 is 21.3 Å². The van der Waals surface area contributed by atoms with Gasteiger partial charge in [-0.3, -0.25) is 33.7 Å². The lowest BCUT2D eigenvalue weighted by Crippen LogP contribution is -2.61. The summed E-state index contributed by atoms with van der Waals surface area (Å²) in [6, 6.07) is 10.8. The number of nitrogens with one attached hydrogen (secondary N) is 4. The van der Waals surface area contributed by atoms with Crippen molar-refractivity contribution < 1.29 is 38.3 Å². The fourth-order valence-corrected chi connectivity index (χ4v) is 7.10. The fraction of sp³-hybridized carbons (Fsp3) is 0.543. The van der Waals surface area contributed by atoms with E-state index in [4.69, 9.17) is 4.74 Å². The number of hydrogen-bond donors (Lipinski definition) is 4. The monoisotopic (exact) mass is 830 g/mol. The molecule has 328 valence electrons. The summed E-state index contributed by atoms with van der Waals surface area (Å²) in [5.41, 5.74) is -1.05. The average molecular weight is 831 g/mol. The van der Waals surface area contributed by atoms with E-state index in [0.717, 1.165) is 33.4 Å². The summed E-state index contributed by atoms with van der Waals surface area (Å²) in [7, 11) is 3.37. The number of benzene rings is 2. The highest BCUT2D eigenvalue weighted by molar-refractivity contribution is 6.12. The Morgan fingerprint density at radius 2 is 1.45 bits per heavy atom. The molecule has 3 rings (SSSR count). The Morgan fingerprint density at radius 3 is 2.00 bits per heavy atom. The lowest BCUT2D eigenvalue weighted by Gasteiger charge is -2.40. The van der Waals surface area contributed by atoms with Gasteiger partial charge in [0.2, 0.25) is 23.6 Å². The second kappa shape index (κ2) is 20.3. The van der Waals surface area contributed by atoms with Crippen molar-refractivity contribution in [3.05, 3.63) is 71.8 Å². The first-order valence-corrected chi connectivity index (χ1v) is 20.5. The van der Waals surface area contributed by atoms with E-state index >= 15 is 0 Å². The first kappa shape index (κ1) is 49.0. The van der Waals surface area contributed by atoms with Gasteiger partial charge in [0.15, 0.2) is 0 Å². The average Bonchev–Trinajstić information content (AvgIpc) is 3.47. The minimum atomic E-state index is -1.19. The molecule has 0 unspecified atom stereocenters. The molecule has 0 saturated heterocycles. The molecule has 0 bridgehead atoms. The van der Waals surface area contributed by atoms with Crippen LogP contribution in [0.15, 0.2) is 66.3 Å². The third kappa shape index (κ3) is 13.1. The lowest BCUT2D eigenvalue weighted by molar-refractivity contribution is -0.158. The van der Waals surface area contributed by atoms with Gasteiger partial charge in [0.05, 0.1) is 12.1 Å². The minimum absolute atomic E-state index is 0.00974. The Hall–Kier alpha value is -5.37. The third-order valence-electron chi connectivity index (χ3n) is 10.6. The van der Waals surface area contributed by atoms with Gasteiger partial charge in [-0.1, -0.05) is 97.0 Å². The number of esters is 1. The normalized spacial score (nSPS) is 15.7. The van der Waals surface area contributed by atoms with E-state index in [-0.39, 0.29) is 49.2 Å². The van der Waals surface area contributed by atoms with E-state index in [1.54, 1.807) is 47.9 Å². The van der Waals surface area contributed by atoms with Crippen LogP contribution in [0.25, 0.3) is 10.8 Å². The highest BCUT2D eigenvalue weighted by Crippen LogP contribution is 2.31. The maximum Gasteiger partial charge on any atom is 0.329 e. The highest BCUT2D eigenvalue weighted by Gasteiger charge is 2.42. The molecule has 0 fully saturated rings. The predicted octanol–water partition coefficient (Wildman–Crippen LogP) is 4.31. The summed E-state index contributed by atoms with van der Waals surface area (Å²) in [5.74, 6) is -3.53. The zero-order valence-electron chi connectivity index (χ0n) is 37.6. The van der Waals surface area contributed by atoms with Crippen molar-refractivity contribution in [1.82, 2.24) is 31.1 Å². The molecule has 0 radical (unpaired) electrons. The number of nitrogens with zero attached hydrogens (tertiary/aromatic N) is 2. The summed E-state index contributed by atoms with van der Waals surface area (Å²) in [4.78, 5) is 94.5. The van der Waals surface area contributed by atoms with Gasteiger partial charge >= 0.3 is 5.97 Å². The fourth-order valence-electron chi connectivity index (χ4n) is 7.10. The third-order valence-corrected chi connectivity index (χ3v) is 10.6. The summed E-state index contributed by atoms with van der Waals surface area (Å²) >= 11 is 0. The van der Waals surface area contributed by atoms with Crippen molar-refractivity contribution in [2.24, 2.45) is 11.3 Å². The molecule has 2 aromatic carbocycles. The first-order valence-electron chi connectivity index (χ1n) is 20.5. The molecule has 14 nitrogen and oxygen atoms in total. The standard InChI is InChI=1S/C46H66N6O8/c1-28(2)34(26-29(3)40(56)49-33(43(59)60-45(7,8)9)20-21-35(53)48-24-25-52-36(54)22-23-37(52)55)51(13)42(58)39(44(4,5)6)50-41(57)38(47-12)46(10,11)32-19-18-30-16-14-15-17-31(30)27-32/h14-19,22-23,26-28,33-34,38-39,47H,20-21,24-25H2,1-13H3,(H,48,53)(H,49,56)(H,50,57)/b29-26+/t33-,34-,38-,39-/m1/s1. The van der Waals surface area contributed by atoms with Crippen LogP contribution in [-0.2, 0) is 43.7 Å². The van der Waals surface area contributed by atoms with E-state index < -0.39 is 70.2 Å². The Bertz CT molecular complexity index is 1970. The number of rotatable bonds is 18. The van der Waals surface area contributed by atoms with Crippen molar-refractivity contribution in [1.29, 1.82) is 0 Å². The Morgan fingerprint density at radius 1 is 0.850 bits per heavy atom. The number of fused-ring (bicyclic) bond motifs is 1. The Kier molecular flexibility index (Phi) is 16.5. The van der Waals surface area contributed by atoms with Gasteiger partial charge in [0.1, 0.15) is 17.7 Å². The second-order valence-electron chi connectivity index (χ2n) is 18.5. The van der Waals surface area contributed by atoms with Crippen LogP contribution in [-0.4, -0.2) is 108 Å². The summed E-state index contributed by atoms with van der Waals surface area (Å²) < 4.78 is 5.57. The molecule has 4 atom stereocenters. The summed E-state index contributed by atoms with van der Waals surface area (Å²) in [5, 5.41) is 13.8. The smallest absolute Gasteiger partial charge is 0.329 e. The molecule has 14 heteroatoms. The first-order chi connectivity index (χ1) is 27.8. The second-order valence-corrected chi connectivity index (χ2v) is 18.5. The van der Waals surface area contributed by atoms with Gasteiger partial charge in [-0.05, 0) is 68.8 Å². The van der Waals surface area contributed by atoms with Gasteiger partial charge < -0.3 is 30.9 Å². The zero-order valence-corrected chi connectivity index (χ0v) is 37.6. The van der Waals surface area contributed by atoms with Crippen LogP contribution in [0.5, 0.6) is 0 Å². The maximum absolute atomic E-state index is 14.5. The Labute approximate surface area is 355 Å². The molecule has 2 aromatic rings. The molecule has 0 aromatic heterocycles. The van der Waals surface area contributed by atoms with Crippen molar-refractivity contribution in [3.63, 3.8) is 0 Å². The maximum atomic E-state index is 14.5. The molecular formula is C46H66N6O8. The molecule has 1 aliphatic rings. The largest absolute Gasteiger partial charge is 0.458 e. The van der Waals surface area contributed by atoms with E-state index in [1.807, 2.05) is 84.9 Å². The van der Waals surface area contributed by atoms with E-state index in [1.165, 1.54) is 4.90 Å². The van der Waals surface area contributed by atoms with Crippen LogP contribution in [0.3, 0.4) is 0 Å². The molecular weight excluding hydrogens is 765 g/mol. The van der Waals surface area contributed by atoms with Crippen LogP contribution in [0, 0.1) is 11.3 Å². The van der Waals surface area contributed by atoms with E-state index in [2.05, 4.69) is 27.3 Å². The molecule has 0 saturated carbocycles. The van der Waals surface area contributed by atoms with Gasteiger partial charge in [-0.25, -0.2) is 4.79 Å². The van der Waals surface area contributed by atoms with Gasteiger partial charge in [-0.15, -0.1) is 0 Å².